The molecular weight excluding hydrogens is 266 g/mol. The third kappa shape index (κ3) is 2.59. The number of carbonyl (C=O) groups is 1. The highest BCUT2D eigenvalue weighted by Crippen LogP contribution is 2.48. The van der Waals surface area contributed by atoms with Crippen molar-refractivity contribution in [3.05, 3.63) is 17.5 Å². The van der Waals surface area contributed by atoms with Crippen molar-refractivity contribution >= 4 is 5.91 Å². The van der Waals surface area contributed by atoms with Gasteiger partial charge in [0.25, 0.3) is 5.91 Å². The van der Waals surface area contributed by atoms with Gasteiger partial charge in [0, 0.05) is 29.7 Å². The number of aliphatic hydroxyl groups excluding tert-OH is 1. The number of nitrogens with one attached hydrogen (secondary N) is 2. The quantitative estimate of drug-likeness (QED) is 0.795. The van der Waals surface area contributed by atoms with Crippen molar-refractivity contribution in [2.24, 2.45) is 17.8 Å². The summed E-state index contributed by atoms with van der Waals surface area (Å²) in [6.45, 7) is 6.42. The number of amides is 1. The SMILES string of the molecule is CC(C)(C)c1cc(C(=O)NC2C3CCC(C3)C2CO)n[nH]1. The molecule has 0 aliphatic heterocycles. The molecule has 21 heavy (non-hydrogen) atoms. The normalized spacial score (nSPS) is 31.6. The van der Waals surface area contributed by atoms with Crippen LogP contribution >= 0.6 is 0 Å². The number of aromatic amines is 1. The minimum absolute atomic E-state index is 0.0500. The van der Waals surface area contributed by atoms with Crippen LogP contribution in [0.4, 0.5) is 0 Å². The van der Waals surface area contributed by atoms with Gasteiger partial charge in [-0.05, 0) is 37.2 Å². The summed E-state index contributed by atoms with van der Waals surface area (Å²) in [4.78, 5) is 12.4. The van der Waals surface area contributed by atoms with Crippen LogP contribution < -0.4 is 5.32 Å². The smallest absolute Gasteiger partial charge is 0.272 e. The second-order valence-electron chi connectivity index (χ2n) is 7.60. The van der Waals surface area contributed by atoms with Crippen molar-refractivity contribution in [1.82, 2.24) is 15.5 Å². The van der Waals surface area contributed by atoms with E-state index in [0.717, 1.165) is 12.1 Å². The molecule has 0 spiro atoms. The van der Waals surface area contributed by atoms with E-state index in [1.807, 2.05) is 6.07 Å². The van der Waals surface area contributed by atoms with E-state index in [4.69, 9.17) is 0 Å². The minimum atomic E-state index is -0.127. The number of carbonyl (C=O) groups excluding carboxylic acids is 1. The summed E-state index contributed by atoms with van der Waals surface area (Å²) < 4.78 is 0. The monoisotopic (exact) mass is 291 g/mol. The number of aromatic nitrogens is 2. The Morgan fingerprint density at radius 2 is 2.14 bits per heavy atom. The molecule has 1 amide bonds. The van der Waals surface area contributed by atoms with Crippen molar-refractivity contribution in [3.63, 3.8) is 0 Å². The van der Waals surface area contributed by atoms with Crippen LogP contribution in [0.15, 0.2) is 6.07 Å². The maximum Gasteiger partial charge on any atom is 0.272 e. The minimum Gasteiger partial charge on any atom is -0.396 e. The lowest BCUT2D eigenvalue weighted by atomic mass is 9.85. The highest BCUT2D eigenvalue weighted by atomic mass is 16.3. The maximum atomic E-state index is 12.4. The first-order valence-electron chi connectivity index (χ1n) is 7.87. The van der Waals surface area contributed by atoms with E-state index < -0.39 is 0 Å². The molecule has 2 fully saturated rings. The van der Waals surface area contributed by atoms with Gasteiger partial charge in [0.15, 0.2) is 0 Å². The van der Waals surface area contributed by atoms with Gasteiger partial charge >= 0.3 is 0 Å². The zero-order valence-corrected chi connectivity index (χ0v) is 13.0. The van der Waals surface area contributed by atoms with Gasteiger partial charge in [-0.3, -0.25) is 9.89 Å². The van der Waals surface area contributed by atoms with Crippen molar-refractivity contribution in [1.29, 1.82) is 0 Å². The Labute approximate surface area is 125 Å². The van der Waals surface area contributed by atoms with E-state index in [1.54, 1.807) is 0 Å². The van der Waals surface area contributed by atoms with Crippen molar-refractivity contribution in [3.8, 4) is 0 Å². The second kappa shape index (κ2) is 5.13. The first-order chi connectivity index (χ1) is 9.90. The molecule has 1 aromatic heterocycles. The fourth-order valence-corrected chi connectivity index (χ4v) is 3.95. The van der Waals surface area contributed by atoms with Gasteiger partial charge in [-0.15, -0.1) is 0 Å². The molecule has 1 aromatic rings. The molecule has 0 radical (unpaired) electrons. The van der Waals surface area contributed by atoms with Crippen LogP contribution in [0.1, 0.15) is 56.2 Å². The molecule has 2 aliphatic rings. The van der Waals surface area contributed by atoms with Crippen molar-refractivity contribution < 1.29 is 9.90 Å². The average Bonchev–Trinajstić information content (AvgIpc) is 3.12. The molecule has 5 heteroatoms. The number of nitrogens with zero attached hydrogens (tertiary/aromatic N) is 1. The van der Waals surface area contributed by atoms with Crippen LogP contribution in [-0.2, 0) is 5.41 Å². The van der Waals surface area contributed by atoms with Crippen molar-refractivity contribution in [2.45, 2.75) is 51.5 Å². The number of rotatable bonds is 3. The Hall–Kier alpha value is -1.36. The number of aliphatic hydroxyl groups is 1. The summed E-state index contributed by atoms with van der Waals surface area (Å²) >= 11 is 0. The molecule has 2 bridgehead atoms. The van der Waals surface area contributed by atoms with Crippen molar-refractivity contribution in [2.75, 3.05) is 6.61 Å². The highest BCUT2D eigenvalue weighted by Gasteiger charge is 2.47. The first-order valence-corrected chi connectivity index (χ1v) is 7.87. The molecule has 3 rings (SSSR count). The number of hydrogen-bond acceptors (Lipinski definition) is 3. The Morgan fingerprint density at radius 1 is 1.43 bits per heavy atom. The molecule has 2 saturated carbocycles. The number of hydrogen-bond donors (Lipinski definition) is 3. The number of H-pyrrole nitrogens is 1. The van der Waals surface area contributed by atoms with Crippen LogP contribution in [0.3, 0.4) is 0 Å². The predicted octanol–water partition coefficient (Wildman–Crippen LogP) is 1.84. The third-order valence-corrected chi connectivity index (χ3v) is 5.22. The molecule has 4 atom stereocenters. The van der Waals surface area contributed by atoms with E-state index in [0.29, 0.717) is 17.5 Å². The molecule has 3 N–H and O–H groups in total. The Balaban J connectivity index is 1.70. The molecular formula is C16H25N3O2. The summed E-state index contributed by atoms with van der Waals surface area (Å²) in [5, 5.41) is 19.8. The third-order valence-electron chi connectivity index (χ3n) is 5.22. The zero-order chi connectivity index (χ0) is 15.2. The van der Waals surface area contributed by atoms with Gasteiger partial charge in [0.1, 0.15) is 5.69 Å². The Kier molecular flexibility index (Phi) is 3.56. The maximum absolute atomic E-state index is 12.4. The van der Waals surface area contributed by atoms with Gasteiger partial charge in [-0.25, -0.2) is 0 Å². The zero-order valence-electron chi connectivity index (χ0n) is 13.0. The highest BCUT2D eigenvalue weighted by molar-refractivity contribution is 5.92. The van der Waals surface area contributed by atoms with E-state index >= 15 is 0 Å². The summed E-state index contributed by atoms with van der Waals surface area (Å²) in [5.74, 6) is 1.19. The second-order valence-corrected chi connectivity index (χ2v) is 7.60. The molecule has 4 unspecified atom stereocenters. The average molecular weight is 291 g/mol. The van der Waals surface area contributed by atoms with E-state index in [1.165, 1.54) is 12.8 Å². The number of fused-ring (bicyclic) bond motifs is 2. The largest absolute Gasteiger partial charge is 0.396 e. The summed E-state index contributed by atoms with van der Waals surface area (Å²) in [5.41, 5.74) is 1.35. The van der Waals surface area contributed by atoms with Crippen LogP contribution in [0, 0.1) is 17.8 Å². The molecule has 116 valence electrons. The Morgan fingerprint density at radius 3 is 2.76 bits per heavy atom. The van der Waals surface area contributed by atoms with Gasteiger partial charge in [0.05, 0.1) is 0 Å². The lowest BCUT2D eigenvalue weighted by Crippen LogP contribution is -2.45. The molecule has 1 heterocycles. The van der Waals surface area contributed by atoms with Gasteiger partial charge in [-0.2, -0.15) is 5.10 Å². The first kappa shape index (κ1) is 14.6. The Bertz CT molecular complexity index is 532. The summed E-state index contributed by atoms with van der Waals surface area (Å²) in [7, 11) is 0. The van der Waals surface area contributed by atoms with E-state index in [2.05, 4.69) is 36.3 Å². The van der Waals surface area contributed by atoms with Crippen LogP contribution in [0.5, 0.6) is 0 Å². The van der Waals surface area contributed by atoms with Crippen LogP contribution in [-0.4, -0.2) is 33.9 Å². The molecule has 2 aliphatic carbocycles. The summed E-state index contributed by atoms with van der Waals surface area (Å²) in [6, 6.07) is 1.94. The topological polar surface area (TPSA) is 78.0 Å². The van der Waals surface area contributed by atoms with E-state index in [9.17, 15) is 9.90 Å². The van der Waals surface area contributed by atoms with Crippen LogP contribution in [0.2, 0.25) is 0 Å². The summed E-state index contributed by atoms with van der Waals surface area (Å²) in [6.07, 6.45) is 3.50. The lowest BCUT2D eigenvalue weighted by Gasteiger charge is -2.30. The molecule has 5 nitrogen and oxygen atoms in total. The standard InChI is InChI=1S/C16H25N3O2/c1-16(2,3)13-7-12(18-19-13)15(21)17-14-10-5-4-9(6-10)11(14)8-20/h7,9-11,14,20H,4-6,8H2,1-3H3,(H,17,21)(H,18,19). The van der Waals surface area contributed by atoms with E-state index in [-0.39, 0.29) is 29.9 Å². The van der Waals surface area contributed by atoms with Gasteiger partial charge < -0.3 is 10.4 Å². The fraction of sp³-hybridized carbons (Fsp3) is 0.750. The fourth-order valence-electron chi connectivity index (χ4n) is 3.95. The van der Waals surface area contributed by atoms with Gasteiger partial charge in [0.2, 0.25) is 0 Å². The predicted molar refractivity (Wildman–Crippen MR) is 79.9 cm³/mol. The van der Waals surface area contributed by atoms with Gasteiger partial charge in [-0.1, -0.05) is 20.8 Å². The lowest BCUT2D eigenvalue weighted by molar-refractivity contribution is 0.0856. The molecule has 0 saturated heterocycles. The molecule has 0 aromatic carbocycles. The van der Waals surface area contributed by atoms with Crippen LogP contribution in [0.25, 0.3) is 0 Å².